The van der Waals surface area contributed by atoms with Crippen molar-refractivity contribution >= 4 is 17.7 Å². The number of halogens is 4. The van der Waals surface area contributed by atoms with Crippen LogP contribution in [0.1, 0.15) is 42.5 Å². The maximum absolute atomic E-state index is 13.5. The third-order valence-electron chi connectivity index (χ3n) is 7.81. The van der Waals surface area contributed by atoms with E-state index in [0.29, 0.717) is 18.8 Å². The largest absolute Gasteiger partial charge is 0.390 e. The van der Waals surface area contributed by atoms with Crippen molar-refractivity contribution in [1.82, 2.24) is 15.3 Å². The van der Waals surface area contributed by atoms with Gasteiger partial charge in [0, 0.05) is 12.2 Å². The number of aliphatic hydroxyl groups is 1. The molecule has 2 N–H and O–H groups in total. The first-order valence-electron chi connectivity index (χ1n) is 11.2. The van der Waals surface area contributed by atoms with Crippen LogP contribution >= 0.6 is 0 Å². The first-order chi connectivity index (χ1) is 15.0. The number of carbonyl (C=O) groups excluding carboxylic acids is 1. The highest BCUT2D eigenvalue weighted by Gasteiger charge is 2.55. The van der Waals surface area contributed by atoms with E-state index in [1.54, 1.807) is 0 Å². The summed E-state index contributed by atoms with van der Waals surface area (Å²) in [6.07, 6.45) is 5.34. The van der Waals surface area contributed by atoms with Crippen molar-refractivity contribution in [3.8, 4) is 0 Å². The molecule has 3 heterocycles. The number of carbonyl (C=O) groups is 1. The Bertz CT molecular complexity index is 944. The van der Waals surface area contributed by atoms with Crippen LogP contribution in [-0.4, -0.2) is 70.6 Å². The van der Waals surface area contributed by atoms with Gasteiger partial charge < -0.3 is 20.2 Å². The zero-order valence-electron chi connectivity index (χ0n) is 17.4. The second-order valence-corrected chi connectivity index (χ2v) is 10.5. The lowest BCUT2D eigenvalue weighted by Gasteiger charge is -2.58. The van der Waals surface area contributed by atoms with Gasteiger partial charge in [-0.1, -0.05) is 0 Å². The summed E-state index contributed by atoms with van der Waals surface area (Å²) in [5.41, 5.74) is -0.556. The number of amides is 1. The Morgan fingerprint density at radius 2 is 1.59 bits per heavy atom. The maximum atomic E-state index is 13.5. The Balaban J connectivity index is 1.24. The van der Waals surface area contributed by atoms with E-state index in [0.717, 1.165) is 19.3 Å². The molecule has 7 rings (SSSR count). The first kappa shape index (κ1) is 20.4. The number of nitrogens with one attached hydrogen (secondary N) is 1. The van der Waals surface area contributed by atoms with Crippen LogP contribution in [0.4, 0.5) is 29.3 Å². The molecular weight excluding hydrogens is 430 g/mol. The number of aromatic nitrogens is 2. The van der Waals surface area contributed by atoms with Gasteiger partial charge in [-0.15, -0.1) is 0 Å². The first-order valence-corrected chi connectivity index (χ1v) is 11.2. The van der Waals surface area contributed by atoms with Gasteiger partial charge >= 0.3 is 0 Å². The molecule has 32 heavy (non-hydrogen) atoms. The predicted molar refractivity (Wildman–Crippen MR) is 106 cm³/mol. The lowest BCUT2D eigenvalue weighted by atomic mass is 9.52. The minimum absolute atomic E-state index is 0.00883. The number of alkyl halides is 4. The molecule has 4 aliphatic carbocycles. The molecule has 6 aliphatic rings. The van der Waals surface area contributed by atoms with Crippen molar-refractivity contribution in [2.24, 2.45) is 17.8 Å². The van der Waals surface area contributed by atoms with Crippen LogP contribution in [0.25, 0.3) is 0 Å². The Morgan fingerprint density at radius 3 is 2.16 bits per heavy atom. The minimum atomic E-state index is -2.88. The lowest BCUT2D eigenvalue weighted by molar-refractivity contribution is -0.136. The number of nitrogens with zero attached hydrogens (tertiary/aromatic N) is 4. The Kier molecular flexibility index (Phi) is 4.12. The molecule has 1 amide bonds. The van der Waals surface area contributed by atoms with E-state index in [4.69, 9.17) is 0 Å². The molecule has 4 bridgehead atoms. The van der Waals surface area contributed by atoms with Gasteiger partial charge in [-0.25, -0.2) is 22.5 Å². The zero-order chi connectivity index (χ0) is 22.5. The van der Waals surface area contributed by atoms with Gasteiger partial charge in [0.05, 0.1) is 31.8 Å². The summed E-state index contributed by atoms with van der Waals surface area (Å²) >= 11 is 0. The van der Waals surface area contributed by atoms with Crippen LogP contribution in [0.15, 0.2) is 6.20 Å². The molecule has 11 heteroatoms. The van der Waals surface area contributed by atoms with Gasteiger partial charge in [0.15, 0.2) is 0 Å². The number of anilines is 2. The summed E-state index contributed by atoms with van der Waals surface area (Å²) in [7, 11) is 0. The van der Waals surface area contributed by atoms with E-state index < -0.39 is 49.5 Å². The quantitative estimate of drug-likeness (QED) is 0.677. The lowest BCUT2D eigenvalue weighted by Crippen LogP contribution is -2.62. The number of hydrogen-bond acceptors (Lipinski definition) is 6. The van der Waals surface area contributed by atoms with Crippen molar-refractivity contribution in [3.05, 3.63) is 11.8 Å². The van der Waals surface area contributed by atoms with Gasteiger partial charge in [0.1, 0.15) is 11.4 Å². The van der Waals surface area contributed by atoms with E-state index >= 15 is 0 Å². The van der Waals surface area contributed by atoms with Gasteiger partial charge in [-0.2, -0.15) is 4.98 Å². The molecule has 2 saturated heterocycles. The van der Waals surface area contributed by atoms with E-state index in [-0.39, 0.29) is 35.2 Å². The second-order valence-electron chi connectivity index (χ2n) is 10.5. The third kappa shape index (κ3) is 3.31. The molecule has 0 aromatic carbocycles. The van der Waals surface area contributed by atoms with Crippen molar-refractivity contribution in [2.75, 3.05) is 36.0 Å². The summed E-state index contributed by atoms with van der Waals surface area (Å²) < 4.78 is 53.6. The van der Waals surface area contributed by atoms with Crippen LogP contribution in [-0.2, 0) is 0 Å². The molecule has 1 aromatic heterocycles. The minimum Gasteiger partial charge on any atom is -0.390 e. The van der Waals surface area contributed by atoms with Gasteiger partial charge in [-0.3, -0.25) is 4.79 Å². The molecule has 174 valence electrons. The normalized spacial score (nSPS) is 38.3. The number of hydrogen-bond donors (Lipinski definition) is 2. The SMILES string of the molecule is O=C(NC1C2CC3CC1CC(O)(C3)C2)c1cnc(N2CC(F)(F)C2)nc1N1CC(F)(F)C1. The summed E-state index contributed by atoms with van der Waals surface area (Å²) in [5.74, 6) is -5.22. The molecule has 2 atom stereocenters. The van der Waals surface area contributed by atoms with Gasteiger partial charge in [0.25, 0.3) is 17.8 Å². The summed E-state index contributed by atoms with van der Waals surface area (Å²) in [6.45, 7) is -2.24. The highest BCUT2D eigenvalue weighted by atomic mass is 19.3. The molecule has 6 fully saturated rings. The standard InChI is InChI=1S/C21H25F4N5O2/c22-20(23)7-29(8-20)16-14(6-26-18(28-16)30-9-21(24,25)10-30)17(31)27-15-12-1-11-2-13(15)5-19(32,3-11)4-12/h6,11-13,15,32H,1-5,7-10H2,(H,27,31). The average molecular weight is 455 g/mol. The van der Waals surface area contributed by atoms with E-state index in [1.165, 1.54) is 16.0 Å². The fraction of sp³-hybridized carbons (Fsp3) is 0.762. The topological polar surface area (TPSA) is 81.6 Å². The molecule has 0 radical (unpaired) electrons. The predicted octanol–water partition coefficient (Wildman–Crippen LogP) is 2.06. The summed E-state index contributed by atoms with van der Waals surface area (Å²) in [5, 5.41) is 13.8. The Hall–Kier alpha value is -2.17. The van der Waals surface area contributed by atoms with E-state index in [2.05, 4.69) is 15.3 Å². The molecule has 4 saturated carbocycles. The molecular formula is C21H25F4N5O2. The Morgan fingerprint density at radius 1 is 1.00 bits per heavy atom. The highest BCUT2D eigenvalue weighted by Crippen LogP contribution is 2.55. The van der Waals surface area contributed by atoms with Crippen molar-refractivity contribution < 1.29 is 27.5 Å². The summed E-state index contributed by atoms with van der Waals surface area (Å²) in [6, 6.07) is -0.0845. The van der Waals surface area contributed by atoms with Crippen LogP contribution in [0.3, 0.4) is 0 Å². The van der Waals surface area contributed by atoms with Crippen LogP contribution < -0.4 is 15.1 Å². The fourth-order valence-corrected chi connectivity index (χ4v) is 6.68. The molecule has 2 unspecified atom stereocenters. The molecule has 7 nitrogen and oxygen atoms in total. The monoisotopic (exact) mass is 455 g/mol. The van der Waals surface area contributed by atoms with Gasteiger partial charge in [-0.05, 0) is 49.9 Å². The Labute approximate surface area is 182 Å². The van der Waals surface area contributed by atoms with Crippen molar-refractivity contribution in [1.29, 1.82) is 0 Å². The van der Waals surface area contributed by atoms with Crippen LogP contribution in [0.5, 0.6) is 0 Å². The fourth-order valence-electron chi connectivity index (χ4n) is 6.68. The van der Waals surface area contributed by atoms with Gasteiger partial charge in [0.2, 0.25) is 5.95 Å². The van der Waals surface area contributed by atoms with Crippen molar-refractivity contribution in [3.63, 3.8) is 0 Å². The molecule has 1 aromatic rings. The van der Waals surface area contributed by atoms with E-state index in [1.807, 2.05) is 0 Å². The summed E-state index contributed by atoms with van der Waals surface area (Å²) in [4.78, 5) is 24.1. The average Bonchev–Trinajstić information content (AvgIpc) is 2.65. The highest BCUT2D eigenvalue weighted by molar-refractivity contribution is 5.99. The number of rotatable bonds is 4. The maximum Gasteiger partial charge on any atom is 0.282 e. The van der Waals surface area contributed by atoms with Crippen molar-refractivity contribution in [2.45, 2.75) is 55.6 Å². The van der Waals surface area contributed by atoms with Crippen LogP contribution in [0, 0.1) is 17.8 Å². The molecule has 2 aliphatic heterocycles. The molecule has 0 spiro atoms. The van der Waals surface area contributed by atoms with Crippen LogP contribution in [0.2, 0.25) is 0 Å². The zero-order valence-corrected chi connectivity index (χ0v) is 17.4. The van der Waals surface area contributed by atoms with E-state index in [9.17, 15) is 27.5 Å². The smallest absolute Gasteiger partial charge is 0.282 e. The second kappa shape index (κ2) is 6.45. The third-order valence-corrected chi connectivity index (χ3v) is 7.81.